The van der Waals surface area contributed by atoms with Crippen molar-refractivity contribution in [1.29, 1.82) is 0 Å². The molecular weight excluding hydrogens is 693 g/mol. The van der Waals surface area contributed by atoms with Crippen molar-refractivity contribution in [2.24, 2.45) is 0 Å². The third-order valence-corrected chi connectivity index (χ3v) is 9.63. The summed E-state index contributed by atoms with van der Waals surface area (Å²) in [5, 5.41) is 5.49. The number of anilines is 1. The minimum atomic E-state index is -4.24. The van der Waals surface area contributed by atoms with Crippen molar-refractivity contribution in [1.82, 2.24) is 19.7 Å². The van der Waals surface area contributed by atoms with Gasteiger partial charge in [-0.05, 0) is 60.5 Å². The van der Waals surface area contributed by atoms with E-state index in [0.29, 0.717) is 78.0 Å². The lowest BCUT2D eigenvalue weighted by Gasteiger charge is -2.49. The van der Waals surface area contributed by atoms with E-state index in [1.54, 1.807) is 10.9 Å². The van der Waals surface area contributed by atoms with Crippen LogP contribution >= 0.6 is 19.2 Å². The first-order valence-corrected chi connectivity index (χ1v) is 18.9. The highest BCUT2D eigenvalue weighted by molar-refractivity contribution is 7.51. The summed E-state index contributed by atoms with van der Waals surface area (Å²) < 4.78 is 51.8. The van der Waals surface area contributed by atoms with E-state index in [9.17, 15) is 4.57 Å². The Bertz CT molecular complexity index is 1680. The van der Waals surface area contributed by atoms with Crippen LogP contribution in [0.25, 0.3) is 11.0 Å². The second-order valence-corrected chi connectivity index (χ2v) is 14.4. The molecule has 17 heteroatoms. The molecule has 0 amide bonds. The molecule has 1 aliphatic carbocycles. The maximum Gasteiger partial charge on any atom is 0.350 e. The van der Waals surface area contributed by atoms with Crippen LogP contribution in [0.2, 0.25) is 5.28 Å². The second kappa shape index (κ2) is 17.1. The molecule has 0 saturated carbocycles. The molecule has 2 aliphatic heterocycles. The molecule has 1 aromatic carbocycles. The third-order valence-electron chi connectivity index (χ3n) is 8.94. The number of rotatable bonds is 20. The van der Waals surface area contributed by atoms with Gasteiger partial charge in [0.2, 0.25) is 5.28 Å². The summed E-state index contributed by atoms with van der Waals surface area (Å²) >= 11 is 6.44. The molecule has 3 aromatic rings. The van der Waals surface area contributed by atoms with Gasteiger partial charge >= 0.3 is 7.60 Å². The molecule has 50 heavy (non-hydrogen) atoms. The number of nitrogens with zero attached hydrogens (tertiary/aromatic N) is 5. The number of halogens is 1. The van der Waals surface area contributed by atoms with Gasteiger partial charge in [-0.1, -0.05) is 12.0 Å². The lowest BCUT2D eigenvalue weighted by atomic mass is 9.74. The highest BCUT2D eigenvalue weighted by Crippen LogP contribution is 2.49. The van der Waals surface area contributed by atoms with E-state index in [0.717, 1.165) is 42.9 Å². The smallest absolute Gasteiger partial charge is 0.350 e. The minimum Gasteiger partial charge on any atom is -0.491 e. The fourth-order valence-corrected chi connectivity index (χ4v) is 7.17. The zero-order valence-electron chi connectivity index (χ0n) is 27.8. The Labute approximate surface area is 295 Å². The number of fused-ring (bicyclic) bond motifs is 3. The Morgan fingerprint density at radius 3 is 2.44 bits per heavy atom. The van der Waals surface area contributed by atoms with Crippen LogP contribution in [-0.2, 0) is 44.8 Å². The van der Waals surface area contributed by atoms with Crippen LogP contribution in [0.5, 0.6) is 5.75 Å². The van der Waals surface area contributed by atoms with E-state index in [4.69, 9.17) is 61.0 Å². The summed E-state index contributed by atoms with van der Waals surface area (Å²) in [5.41, 5.74) is 3.22. The topological polar surface area (TPSA) is 169 Å². The number of aryl methyl sites for hydroxylation is 1. The summed E-state index contributed by atoms with van der Waals surface area (Å²) in [6, 6.07) is 6.35. The SMILES string of the molecule is C#CCOCCOCCOCCOCCOc1ccc2c(c1)C1(CC2)CN(c2nc(Cl)nc3c2cnn3C2CCC(COCP(=O)(O)O)O2)C1. The van der Waals surface area contributed by atoms with Gasteiger partial charge in [0.15, 0.2) is 11.9 Å². The Morgan fingerprint density at radius 2 is 1.72 bits per heavy atom. The molecule has 0 radical (unpaired) electrons. The van der Waals surface area contributed by atoms with E-state index >= 15 is 0 Å². The molecule has 2 saturated heterocycles. The Morgan fingerprint density at radius 1 is 1.00 bits per heavy atom. The average Bonchev–Trinajstić information content (AvgIpc) is 3.80. The zero-order valence-corrected chi connectivity index (χ0v) is 29.4. The first-order chi connectivity index (χ1) is 24.2. The van der Waals surface area contributed by atoms with Crippen LogP contribution in [0.1, 0.15) is 36.6 Å². The van der Waals surface area contributed by atoms with Crippen LogP contribution in [0.3, 0.4) is 0 Å². The summed E-state index contributed by atoms with van der Waals surface area (Å²) in [7, 11) is -4.24. The predicted octanol–water partition coefficient (Wildman–Crippen LogP) is 3.09. The second-order valence-electron chi connectivity index (χ2n) is 12.5. The first kappa shape index (κ1) is 36.9. The zero-order chi connectivity index (χ0) is 35.0. The minimum absolute atomic E-state index is 0.00438. The number of benzene rings is 1. The van der Waals surface area contributed by atoms with Gasteiger partial charge in [-0.25, -0.2) is 4.68 Å². The number of aromatic nitrogens is 4. The van der Waals surface area contributed by atoms with Crippen molar-refractivity contribution in [2.75, 3.05) is 90.4 Å². The van der Waals surface area contributed by atoms with E-state index in [2.05, 4.69) is 38.0 Å². The largest absolute Gasteiger partial charge is 0.491 e. The van der Waals surface area contributed by atoms with E-state index in [1.807, 2.05) is 6.07 Å². The third kappa shape index (κ3) is 9.32. The number of hydrogen-bond donors (Lipinski definition) is 2. The molecule has 2 atom stereocenters. The van der Waals surface area contributed by atoms with Crippen LogP contribution in [0.4, 0.5) is 5.82 Å². The molecule has 4 heterocycles. The van der Waals surface area contributed by atoms with Crippen molar-refractivity contribution < 1.29 is 47.5 Å². The summed E-state index contributed by atoms with van der Waals surface area (Å²) in [6.45, 7) is 5.72. The first-order valence-electron chi connectivity index (χ1n) is 16.7. The Kier molecular flexibility index (Phi) is 12.6. The van der Waals surface area contributed by atoms with E-state index in [1.165, 1.54) is 11.1 Å². The summed E-state index contributed by atoms with van der Waals surface area (Å²) in [6.07, 6.45) is 8.86. The number of ether oxygens (including phenoxy) is 7. The maximum absolute atomic E-state index is 11.1. The van der Waals surface area contributed by atoms with Crippen molar-refractivity contribution in [3.05, 3.63) is 40.8 Å². The fourth-order valence-electron chi connectivity index (χ4n) is 6.67. The molecule has 2 aromatic heterocycles. The van der Waals surface area contributed by atoms with Gasteiger partial charge in [0.05, 0.1) is 70.5 Å². The number of hydrogen-bond acceptors (Lipinski definition) is 12. The van der Waals surface area contributed by atoms with Crippen LogP contribution in [0, 0.1) is 12.3 Å². The average molecular weight is 736 g/mol. The highest BCUT2D eigenvalue weighted by Gasteiger charge is 2.49. The monoisotopic (exact) mass is 735 g/mol. The molecule has 2 N–H and O–H groups in total. The van der Waals surface area contributed by atoms with Gasteiger partial charge in [0.1, 0.15) is 31.1 Å². The molecule has 2 unspecified atom stereocenters. The van der Waals surface area contributed by atoms with Crippen molar-refractivity contribution in [3.8, 4) is 18.1 Å². The summed E-state index contributed by atoms with van der Waals surface area (Å²) in [4.78, 5) is 29.4. The molecule has 3 aliphatic rings. The van der Waals surface area contributed by atoms with E-state index < -0.39 is 20.2 Å². The van der Waals surface area contributed by atoms with Gasteiger partial charge in [-0.2, -0.15) is 15.1 Å². The quantitative estimate of drug-likeness (QED) is 0.0752. The highest BCUT2D eigenvalue weighted by atomic mass is 35.5. The van der Waals surface area contributed by atoms with Crippen molar-refractivity contribution in [2.45, 2.75) is 43.4 Å². The molecule has 6 rings (SSSR count). The van der Waals surface area contributed by atoms with E-state index in [-0.39, 0.29) is 23.4 Å². The molecule has 0 bridgehead atoms. The van der Waals surface area contributed by atoms with Gasteiger partial charge < -0.3 is 47.8 Å². The Hall–Kier alpha value is -2.87. The standard InChI is InChI=1S/C33H43ClN5O10P/c1-2-9-43-10-11-44-12-13-45-14-15-46-16-17-48-25-4-3-24-7-8-33(28(24)18-25)21-38(22-33)30-27-19-35-39(31(27)37-32(34)36-30)29-6-5-26(49-29)20-47-23-50(40,41)42/h1,3-4,18-19,26,29H,5-17,20-23H2,(H2,40,41,42). The van der Waals surface area contributed by atoms with Crippen molar-refractivity contribution in [3.63, 3.8) is 0 Å². The predicted molar refractivity (Wildman–Crippen MR) is 183 cm³/mol. The van der Waals surface area contributed by atoms with Gasteiger partial charge in [-0.15, -0.1) is 6.42 Å². The molecule has 15 nitrogen and oxygen atoms in total. The fraction of sp³-hybridized carbons (Fsp3) is 0.606. The van der Waals surface area contributed by atoms with Crippen LogP contribution in [-0.4, -0.2) is 121 Å². The van der Waals surface area contributed by atoms with Gasteiger partial charge in [0, 0.05) is 18.5 Å². The molecule has 272 valence electrons. The van der Waals surface area contributed by atoms with Gasteiger partial charge in [-0.3, -0.25) is 4.57 Å². The molecular formula is C33H43ClN5O10P. The van der Waals surface area contributed by atoms with Crippen LogP contribution < -0.4 is 9.64 Å². The number of terminal acetylenes is 1. The van der Waals surface area contributed by atoms with Crippen LogP contribution in [0.15, 0.2) is 24.4 Å². The van der Waals surface area contributed by atoms with Gasteiger partial charge in [0.25, 0.3) is 0 Å². The lowest BCUT2D eigenvalue weighted by molar-refractivity contribution is -0.0391. The molecule has 1 spiro atoms. The Balaban J connectivity index is 0.963. The summed E-state index contributed by atoms with van der Waals surface area (Å²) in [5.74, 6) is 3.96. The lowest BCUT2D eigenvalue weighted by Crippen LogP contribution is -2.58. The van der Waals surface area contributed by atoms with Crippen molar-refractivity contribution >= 4 is 36.0 Å². The molecule has 2 fully saturated rings. The maximum atomic E-state index is 11.1. The normalized spacial score (nSPS) is 19.6.